The Morgan fingerprint density at radius 2 is 2.50 bits per heavy atom. The SMILES string of the molecule is CCn1cnnc1CNc1nc2c(s1)CCC2C(=O)O. The fraction of sp³-hybridized carbons (Fsp3) is 0.500. The molecule has 0 bridgehead atoms. The van der Waals surface area contributed by atoms with Crippen molar-refractivity contribution in [3.8, 4) is 0 Å². The molecule has 2 heterocycles. The van der Waals surface area contributed by atoms with Gasteiger partial charge in [0.2, 0.25) is 0 Å². The maximum Gasteiger partial charge on any atom is 0.312 e. The van der Waals surface area contributed by atoms with Gasteiger partial charge in [-0.3, -0.25) is 4.79 Å². The van der Waals surface area contributed by atoms with Crippen LogP contribution < -0.4 is 5.32 Å². The molecule has 0 saturated heterocycles. The number of aryl methyl sites for hydroxylation is 2. The van der Waals surface area contributed by atoms with Crippen LogP contribution in [0.4, 0.5) is 5.13 Å². The highest BCUT2D eigenvalue weighted by Crippen LogP contribution is 2.38. The fourth-order valence-corrected chi connectivity index (χ4v) is 3.41. The molecule has 0 aliphatic heterocycles. The number of carbonyl (C=O) groups is 1. The van der Waals surface area contributed by atoms with Crippen LogP contribution in [0.2, 0.25) is 0 Å². The van der Waals surface area contributed by atoms with Crippen LogP contribution in [-0.4, -0.2) is 30.8 Å². The standard InChI is InChI=1S/C12H15N5O2S/c1-2-17-6-14-16-9(17)5-13-12-15-10-7(11(18)19)3-4-8(10)20-12/h6-7H,2-5H2,1H3,(H,13,15)(H,18,19). The predicted octanol–water partition coefficient (Wildman–Crippen LogP) is 1.48. The van der Waals surface area contributed by atoms with Crippen molar-refractivity contribution < 1.29 is 9.90 Å². The van der Waals surface area contributed by atoms with Gasteiger partial charge in [-0.2, -0.15) is 0 Å². The zero-order valence-corrected chi connectivity index (χ0v) is 11.9. The molecule has 1 aliphatic rings. The van der Waals surface area contributed by atoms with Crippen LogP contribution in [0.25, 0.3) is 0 Å². The third kappa shape index (κ3) is 2.26. The number of anilines is 1. The largest absolute Gasteiger partial charge is 0.481 e. The van der Waals surface area contributed by atoms with Gasteiger partial charge < -0.3 is 15.0 Å². The molecule has 2 aromatic heterocycles. The van der Waals surface area contributed by atoms with Gasteiger partial charge in [0.15, 0.2) is 11.0 Å². The first-order valence-electron chi connectivity index (χ1n) is 6.52. The van der Waals surface area contributed by atoms with Crippen molar-refractivity contribution in [2.45, 2.75) is 38.8 Å². The summed E-state index contributed by atoms with van der Waals surface area (Å²) in [5, 5.41) is 21.0. The summed E-state index contributed by atoms with van der Waals surface area (Å²) >= 11 is 1.54. The Balaban J connectivity index is 1.71. The molecule has 106 valence electrons. The van der Waals surface area contributed by atoms with Gasteiger partial charge >= 0.3 is 5.97 Å². The third-order valence-corrected chi connectivity index (χ3v) is 4.54. The molecule has 0 spiro atoms. The summed E-state index contributed by atoms with van der Waals surface area (Å²) in [4.78, 5) is 16.6. The molecule has 20 heavy (non-hydrogen) atoms. The van der Waals surface area contributed by atoms with E-state index in [1.54, 1.807) is 6.33 Å². The number of carboxylic acid groups (broad SMARTS) is 1. The lowest BCUT2D eigenvalue weighted by Gasteiger charge is -2.05. The van der Waals surface area contributed by atoms with Crippen molar-refractivity contribution in [3.05, 3.63) is 22.7 Å². The van der Waals surface area contributed by atoms with Crippen LogP contribution in [0, 0.1) is 0 Å². The molecule has 8 heteroatoms. The quantitative estimate of drug-likeness (QED) is 0.867. The smallest absolute Gasteiger partial charge is 0.312 e. The minimum absolute atomic E-state index is 0.448. The molecule has 1 aliphatic carbocycles. The van der Waals surface area contributed by atoms with E-state index in [-0.39, 0.29) is 0 Å². The highest BCUT2D eigenvalue weighted by Gasteiger charge is 2.32. The summed E-state index contributed by atoms with van der Waals surface area (Å²) in [6, 6.07) is 0. The first-order chi connectivity index (χ1) is 9.69. The lowest BCUT2D eigenvalue weighted by atomic mass is 10.1. The summed E-state index contributed by atoms with van der Waals surface area (Å²) in [6.45, 7) is 3.39. The van der Waals surface area contributed by atoms with Gasteiger partial charge in [0, 0.05) is 11.4 Å². The Hall–Kier alpha value is -1.96. The van der Waals surface area contributed by atoms with E-state index >= 15 is 0 Å². The molecule has 0 amide bonds. The number of aliphatic carboxylic acids is 1. The maximum absolute atomic E-state index is 11.1. The summed E-state index contributed by atoms with van der Waals surface area (Å²) in [5.74, 6) is -0.389. The normalized spacial score (nSPS) is 17.1. The number of nitrogens with one attached hydrogen (secondary N) is 1. The van der Waals surface area contributed by atoms with E-state index in [2.05, 4.69) is 20.5 Å². The Labute approximate surface area is 119 Å². The van der Waals surface area contributed by atoms with Gasteiger partial charge in [0.05, 0.1) is 12.2 Å². The zero-order valence-electron chi connectivity index (χ0n) is 11.0. The number of carboxylic acids is 1. The van der Waals surface area contributed by atoms with Gasteiger partial charge in [-0.1, -0.05) is 0 Å². The molecule has 3 rings (SSSR count). The van der Waals surface area contributed by atoms with Crippen LogP contribution >= 0.6 is 11.3 Å². The number of rotatable bonds is 5. The molecule has 0 saturated carbocycles. The van der Waals surface area contributed by atoms with Gasteiger partial charge in [-0.25, -0.2) is 4.98 Å². The third-order valence-electron chi connectivity index (χ3n) is 3.45. The van der Waals surface area contributed by atoms with Crippen molar-refractivity contribution in [2.24, 2.45) is 0 Å². The highest BCUT2D eigenvalue weighted by atomic mass is 32.1. The van der Waals surface area contributed by atoms with Gasteiger partial charge in [0.1, 0.15) is 12.2 Å². The summed E-state index contributed by atoms with van der Waals surface area (Å²) in [7, 11) is 0. The van der Waals surface area contributed by atoms with E-state index in [1.807, 2.05) is 11.5 Å². The lowest BCUT2D eigenvalue weighted by Crippen LogP contribution is -2.10. The van der Waals surface area contributed by atoms with Crippen LogP contribution in [0.15, 0.2) is 6.33 Å². The molecule has 2 aromatic rings. The lowest BCUT2D eigenvalue weighted by molar-refractivity contribution is -0.138. The second-order valence-corrected chi connectivity index (χ2v) is 5.73. The monoisotopic (exact) mass is 293 g/mol. The molecule has 7 nitrogen and oxygen atoms in total. The van der Waals surface area contributed by atoms with Crippen LogP contribution in [0.1, 0.15) is 35.7 Å². The zero-order chi connectivity index (χ0) is 14.1. The molecule has 2 N–H and O–H groups in total. The van der Waals surface area contributed by atoms with Crippen molar-refractivity contribution in [1.82, 2.24) is 19.7 Å². The second kappa shape index (κ2) is 5.20. The Bertz CT molecular complexity index is 636. The van der Waals surface area contributed by atoms with E-state index in [9.17, 15) is 4.79 Å². The van der Waals surface area contributed by atoms with E-state index in [0.29, 0.717) is 13.0 Å². The second-order valence-electron chi connectivity index (χ2n) is 4.64. The average Bonchev–Trinajstić information content (AvgIpc) is 3.10. The highest BCUT2D eigenvalue weighted by molar-refractivity contribution is 7.15. The minimum Gasteiger partial charge on any atom is -0.481 e. The Morgan fingerprint density at radius 1 is 1.65 bits per heavy atom. The number of hydrogen-bond acceptors (Lipinski definition) is 6. The summed E-state index contributed by atoms with van der Waals surface area (Å²) < 4.78 is 1.95. The topological polar surface area (TPSA) is 92.9 Å². The van der Waals surface area contributed by atoms with Crippen molar-refractivity contribution in [1.29, 1.82) is 0 Å². The number of aromatic nitrogens is 4. The van der Waals surface area contributed by atoms with E-state index in [4.69, 9.17) is 5.11 Å². The molecule has 0 radical (unpaired) electrons. The van der Waals surface area contributed by atoms with Crippen LogP contribution in [-0.2, 0) is 24.3 Å². The predicted molar refractivity (Wildman–Crippen MR) is 73.8 cm³/mol. The first kappa shape index (κ1) is 13.0. The summed E-state index contributed by atoms with van der Waals surface area (Å²) in [5.41, 5.74) is 0.724. The first-order valence-corrected chi connectivity index (χ1v) is 7.33. The fourth-order valence-electron chi connectivity index (χ4n) is 2.38. The van der Waals surface area contributed by atoms with Gasteiger partial charge in [-0.15, -0.1) is 21.5 Å². The maximum atomic E-state index is 11.1. The number of fused-ring (bicyclic) bond motifs is 1. The Morgan fingerprint density at radius 3 is 3.25 bits per heavy atom. The average molecular weight is 293 g/mol. The van der Waals surface area contributed by atoms with E-state index in [1.165, 1.54) is 11.3 Å². The molecule has 1 unspecified atom stereocenters. The van der Waals surface area contributed by atoms with Crippen LogP contribution in [0.3, 0.4) is 0 Å². The van der Waals surface area contributed by atoms with E-state index in [0.717, 1.165) is 34.5 Å². The number of hydrogen-bond donors (Lipinski definition) is 2. The summed E-state index contributed by atoms with van der Waals surface area (Å²) in [6.07, 6.45) is 3.16. The van der Waals surface area contributed by atoms with Gasteiger partial charge in [0.25, 0.3) is 0 Å². The molecular weight excluding hydrogens is 278 g/mol. The molecule has 0 aromatic carbocycles. The molecule has 0 fully saturated rings. The Kier molecular flexibility index (Phi) is 3.39. The van der Waals surface area contributed by atoms with Crippen LogP contribution in [0.5, 0.6) is 0 Å². The van der Waals surface area contributed by atoms with Crippen molar-refractivity contribution in [3.63, 3.8) is 0 Å². The number of nitrogens with zero attached hydrogens (tertiary/aromatic N) is 4. The minimum atomic E-state index is -0.786. The molecule has 1 atom stereocenters. The molecular formula is C12H15N5O2S. The van der Waals surface area contributed by atoms with Gasteiger partial charge in [-0.05, 0) is 19.8 Å². The number of thiazole rings is 1. The van der Waals surface area contributed by atoms with Crippen molar-refractivity contribution >= 4 is 22.4 Å². The van der Waals surface area contributed by atoms with Crippen molar-refractivity contribution in [2.75, 3.05) is 5.32 Å². The van der Waals surface area contributed by atoms with E-state index < -0.39 is 11.9 Å².